The fourth-order valence-corrected chi connectivity index (χ4v) is 7.80. The van der Waals surface area contributed by atoms with E-state index in [1.165, 1.54) is 114 Å². The second-order valence-corrected chi connectivity index (χ2v) is 12.4. The molecule has 0 saturated carbocycles. The molecule has 0 unspecified atom stereocenters. The molecule has 0 aromatic carbocycles. The van der Waals surface area contributed by atoms with Crippen LogP contribution in [-0.4, -0.2) is 66.5 Å². The van der Waals surface area contributed by atoms with E-state index in [0.29, 0.717) is 19.8 Å². The van der Waals surface area contributed by atoms with Crippen molar-refractivity contribution in [1.29, 1.82) is 0 Å². The quantitative estimate of drug-likeness (QED) is 0.0685. The molecule has 1 aliphatic heterocycles. The van der Waals surface area contributed by atoms with Crippen LogP contribution >= 0.6 is 0 Å². The van der Waals surface area contributed by atoms with Crippen molar-refractivity contribution < 1.29 is 35.0 Å². The van der Waals surface area contributed by atoms with Crippen LogP contribution < -0.4 is 0 Å². The highest BCUT2D eigenvalue weighted by molar-refractivity contribution is 6.60. The molecule has 1 aliphatic rings. The molecular formula is C25H54BF4NO3Si. The number of hydrogen-bond donors (Lipinski definition) is 0. The van der Waals surface area contributed by atoms with E-state index in [-0.39, 0.29) is 0 Å². The number of rotatable bonds is 20. The van der Waals surface area contributed by atoms with E-state index in [4.69, 9.17) is 13.3 Å². The third-order valence-electron chi connectivity index (χ3n) is 6.74. The van der Waals surface area contributed by atoms with Crippen molar-refractivity contribution in [1.82, 2.24) is 0 Å². The Morgan fingerprint density at radius 1 is 0.600 bits per heavy atom. The normalized spacial score (nSPS) is 16.1. The highest BCUT2D eigenvalue weighted by atomic mass is 28.4. The summed E-state index contributed by atoms with van der Waals surface area (Å²) in [5, 5.41) is 0. The highest BCUT2D eigenvalue weighted by Crippen LogP contribution is 2.25. The van der Waals surface area contributed by atoms with E-state index in [0.717, 1.165) is 6.04 Å². The fourth-order valence-electron chi connectivity index (χ4n) is 5.05. The summed E-state index contributed by atoms with van der Waals surface area (Å²) in [6.45, 7) is 15.7. The number of halogens is 4. The minimum absolute atomic E-state index is 0.685. The van der Waals surface area contributed by atoms with Gasteiger partial charge in [0.1, 0.15) is 0 Å². The minimum atomic E-state index is -6.00. The lowest BCUT2D eigenvalue weighted by Gasteiger charge is -2.43. The van der Waals surface area contributed by atoms with Gasteiger partial charge >= 0.3 is 16.1 Å². The molecule has 35 heavy (non-hydrogen) atoms. The molecule has 0 amide bonds. The third-order valence-corrected chi connectivity index (χ3v) is 9.76. The first-order valence-corrected chi connectivity index (χ1v) is 16.2. The average molecular weight is 532 g/mol. The Kier molecular flexibility index (Phi) is 20.8. The largest absolute Gasteiger partial charge is 0.673 e. The summed E-state index contributed by atoms with van der Waals surface area (Å²) in [5.74, 6) is 0. The van der Waals surface area contributed by atoms with E-state index in [9.17, 15) is 17.3 Å². The molecule has 212 valence electrons. The van der Waals surface area contributed by atoms with Crippen molar-refractivity contribution in [2.45, 2.75) is 117 Å². The maximum Gasteiger partial charge on any atom is 0.673 e. The molecule has 1 rings (SSSR count). The van der Waals surface area contributed by atoms with Gasteiger partial charge in [-0.2, -0.15) is 0 Å². The smallest absolute Gasteiger partial charge is 0.418 e. The van der Waals surface area contributed by atoms with Gasteiger partial charge in [0, 0.05) is 19.8 Å². The zero-order chi connectivity index (χ0) is 26.5. The standard InChI is InChI=1S/C25H54NO3Si.BF4/c1-5-9-10-11-12-13-14-15-16-18-21-26(22-19-17-20-23-26)24-25-30(27-6-2,28-7-3)29-8-4;2-1(3,4)5/h5-25H2,1-4H3;/q+1;-1. The first-order valence-electron chi connectivity index (χ1n) is 14.3. The van der Waals surface area contributed by atoms with Gasteiger partial charge in [-0.05, 0) is 52.9 Å². The van der Waals surface area contributed by atoms with Crippen molar-refractivity contribution in [3.05, 3.63) is 0 Å². The second kappa shape index (κ2) is 20.8. The van der Waals surface area contributed by atoms with Crippen molar-refractivity contribution >= 4 is 16.1 Å². The maximum atomic E-state index is 9.75. The lowest BCUT2D eigenvalue weighted by molar-refractivity contribution is -0.931. The van der Waals surface area contributed by atoms with E-state index >= 15 is 0 Å². The number of piperidine rings is 1. The summed E-state index contributed by atoms with van der Waals surface area (Å²) in [4.78, 5) is 0. The Morgan fingerprint density at radius 2 is 1.00 bits per heavy atom. The molecule has 1 saturated heterocycles. The number of nitrogens with zero attached hydrogens (tertiary/aromatic N) is 1. The predicted octanol–water partition coefficient (Wildman–Crippen LogP) is 8.26. The molecule has 0 aromatic heterocycles. The SMILES string of the molecule is CCCCCCCCCCCC[N+]1(CC[Si](OCC)(OCC)OCC)CCCCC1.F[B-](F)(F)F. The van der Waals surface area contributed by atoms with Gasteiger partial charge < -0.3 is 35.0 Å². The van der Waals surface area contributed by atoms with Crippen molar-refractivity contribution in [3.8, 4) is 0 Å². The first kappa shape index (κ1) is 34.8. The Balaban J connectivity index is 0.00000209. The Hall–Kier alpha value is -0.158. The zero-order valence-corrected chi connectivity index (χ0v) is 24.1. The molecule has 0 aliphatic carbocycles. The third kappa shape index (κ3) is 19.6. The predicted molar refractivity (Wildman–Crippen MR) is 141 cm³/mol. The summed E-state index contributed by atoms with van der Waals surface area (Å²) in [6, 6.07) is 0.972. The topological polar surface area (TPSA) is 27.7 Å². The van der Waals surface area contributed by atoms with Crippen molar-refractivity contribution in [3.63, 3.8) is 0 Å². The molecule has 4 nitrogen and oxygen atoms in total. The maximum absolute atomic E-state index is 9.75. The van der Waals surface area contributed by atoms with Crippen LogP contribution in [0.25, 0.3) is 0 Å². The Labute approximate surface area is 214 Å². The van der Waals surface area contributed by atoms with Crippen LogP contribution in [-0.2, 0) is 13.3 Å². The van der Waals surface area contributed by atoms with Gasteiger partial charge in [0.05, 0.1) is 32.2 Å². The molecule has 0 N–H and O–H groups in total. The van der Waals surface area contributed by atoms with E-state index in [1.807, 2.05) is 0 Å². The Bertz CT molecular complexity index is 461. The molecule has 0 bridgehead atoms. The van der Waals surface area contributed by atoms with Crippen LogP contribution in [0, 0.1) is 0 Å². The molecule has 1 fully saturated rings. The van der Waals surface area contributed by atoms with Crippen LogP contribution in [0.3, 0.4) is 0 Å². The average Bonchev–Trinajstić information content (AvgIpc) is 2.79. The number of unbranched alkanes of at least 4 members (excludes halogenated alkanes) is 9. The summed E-state index contributed by atoms with van der Waals surface area (Å²) >= 11 is 0. The monoisotopic (exact) mass is 531 g/mol. The number of hydrogen-bond acceptors (Lipinski definition) is 3. The van der Waals surface area contributed by atoms with Crippen molar-refractivity contribution in [2.24, 2.45) is 0 Å². The van der Waals surface area contributed by atoms with Gasteiger partial charge in [-0.1, -0.05) is 58.3 Å². The first-order chi connectivity index (χ1) is 16.7. The summed E-state index contributed by atoms with van der Waals surface area (Å²) in [6.07, 6.45) is 18.3. The summed E-state index contributed by atoms with van der Waals surface area (Å²) in [5.41, 5.74) is 0. The van der Waals surface area contributed by atoms with E-state index < -0.39 is 16.1 Å². The van der Waals surface area contributed by atoms with Crippen molar-refractivity contribution in [2.75, 3.05) is 46.0 Å². The van der Waals surface area contributed by atoms with Crippen LogP contribution in [0.15, 0.2) is 0 Å². The zero-order valence-electron chi connectivity index (χ0n) is 23.1. The summed E-state index contributed by atoms with van der Waals surface area (Å²) in [7, 11) is -8.52. The van der Waals surface area contributed by atoms with Crippen LogP contribution in [0.5, 0.6) is 0 Å². The molecule has 0 spiro atoms. The van der Waals surface area contributed by atoms with E-state index in [1.54, 1.807) is 0 Å². The number of likely N-dealkylation sites (tertiary alicyclic amines) is 1. The number of quaternary nitrogens is 1. The molecular weight excluding hydrogens is 477 g/mol. The molecule has 0 radical (unpaired) electrons. The van der Waals surface area contributed by atoms with E-state index in [2.05, 4.69) is 27.7 Å². The van der Waals surface area contributed by atoms with Crippen LogP contribution in [0.1, 0.15) is 111 Å². The molecule has 0 atom stereocenters. The summed E-state index contributed by atoms with van der Waals surface area (Å²) < 4.78 is 58.7. The van der Waals surface area contributed by atoms with Crippen LogP contribution in [0.2, 0.25) is 6.04 Å². The van der Waals surface area contributed by atoms with Gasteiger partial charge in [0.25, 0.3) is 0 Å². The molecule has 10 heteroatoms. The molecule has 1 heterocycles. The molecule has 0 aromatic rings. The van der Waals surface area contributed by atoms with Gasteiger partial charge in [0.15, 0.2) is 0 Å². The lowest BCUT2D eigenvalue weighted by atomic mass is 10.0. The van der Waals surface area contributed by atoms with Gasteiger partial charge in [-0.15, -0.1) is 0 Å². The Morgan fingerprint density at radius 3 is 1.40 bits per heavy atom. The highest BCUT2D eigenvalue weighted by Gasteiger charge is 2.44. The fraction of sp³-hybridized carbons (Fsp3) is 1.00. The van der Waals surface area contributed by atoms with Gasteiger partial charge in [-0.3, -0.25) is 0 Å². The van der Waals surface area contributed by atoms with Gasteiger partial charge in [-0.25, -0.2) is 0 Å². The lowest BCUT2D eigenvalue weighted by Crippen LogP contribution is -2.56. The van der Waals surface area contributed by atoms with Gasteiger partial charge in [0.2, 0.25) is 0 Å². The minimum Gasteiger partial charge on any atom is -0.418 e. The second-order valence-electron chi connectivity index (χ2n) is 9.71. The van der Waals surface area contributed by atoms with Crippen LogP contribution in [0.4, 0.5) is 17.3 Å².